The lowest BCUT2D eigenvalue weighted by molar-refractivity contribution is -0.274. The number of fused-ring (bicyclic) bond motifs is 1. The lowest BCUT2D eigenvalue weighted by Crippen LogP contribution is -2.34. The van der Waals surface area contributed by atoms with Crippen LogP contribution in [0.3, 0.4) is 0 Å². The van der Waals surface area contributed by atoms with Crippen molar-refractivity contribution >= 4 is 11.8 Å². The van der Waals surface area contributed by atoms with Gasteiger partial charge in [0.15, 0.2) is 0 Å². The number of carbonyl (C=O) groups excluding carboxylic acids is 2. The van der Waals surface area contributed by atoms with Crippen molar-refractivity contribution in [2.75, 3.05) is 19.6 Å². The molecule has 0 spiro atoms. The summed E-state index contributed by atoms with van der Waals surface area (Å²) in [5, 5.41) is 2.97. The zero-order chi connectivity index (χ0) is 27.3. The molecular weight excluding hydrogens is 497 g/mol. The maximum absolute atomic E-state index is 13.0. The molecule has 1 aliphatic heterocycles. The Morgan fingerprint density at radius 2 is 1.82 bits per heavy atom. The van der Waals surface area contributed by atoms with E-state index in [0.29, 0.717) is 41.9 Å². The molecule has 7 nitrogen and oxygen atoms in total. The second kappa shape index (κ2) is 11.6. The molecule has 200 valence electrons. The maximum Gasteiger partial charge on any atom is 0.573 e. The number of amides is 2. The standard InChI is InChI=1S/C28H29F3N4O3/c1-3-34(16-21-8-10-32-11-9-21)13-12-33-26(36)22-14-19(2)25-23(15-22)18-35(27(25)37)17-20-4-6-24(7-5-20)38-28(29,30)31/h4-11,14-15H,3,12-13,16-18H2,1-2H3,(H,33,36). The summed E-state index contributed by atoms with van der Waals surface area (Å²) < 4.78 is 41.1. The molecular formula is C28H29F3N4O3. The highest BCUT2D eigenvalue weighted by Gasteiger charge is 2.32. The molecule has 4 rings (SSSR count). The molecule has 0 fully saturated rings. The fourth-order valence-corrected chi connectivity index (χ4v) is 4.53. The molecule has 0 saturated carbocycles. The van der Waals surface area contributed by atoms with Gasteiger partial charge < -0.3 is 15.0 Å². The Kier molecular flexibility index (Phi) is 8.31. The van der Waals surface area contributed by atoms with Crippen LogP contribution in [-0.4, -0.2) is 52.6 Å². The van der Waals surface area contributed by atoms with Crippen LogP contribution in [0.5, 0.6) is 5.75 Å². The number of nitrogens with zero attached hydrogens (tertiary/aromatic N) is 3. The number of rotatable bonds is 10. The number of halogens is 3. The minimum Gasteiger partial charge on any atom is -0.406 e. The van der Waals surface area contributed by atoms with E-state index in [-0.39, 0.29) is 24.1 Å². The van der Waals surface area contributed by atoms with E-state index >= 15 is 0 Å². The normalized spacial score (nSPS) is 13.1. The molecule has 2 heterocycles. The Morgan fingerprint density at radius 3 is 2.47 bits per heavy atom. The number of aromatic nitrogens is 1. The van der Waals surface area contributed by atoms with Crippen molar-refractivity contribution in [3.8, 4) is 5.75 Å². The van der Waals surface area contributed by atoms with Crippen molar-refractivity contribution in [2.45, 2.75) is 39.8 Å². The monoisotopic (exact) mass is 526 g/mol. The molecule has 2 amide bonds. The number of aryl methyl sites for hydroxylation is 1. The van der Waals surface area contributed by atoms with E-state index < -0.39 is 6.36 Å². The Hall–Kier alpha value is -3.92. The van der Waals surface area contributed by atoms with Crippen LogP contribution in [0.1, 0.15) is 49.9 Å². The van der Waals surface area contributed by atoms with E-state index in [1.165, 1.54) is 24.3 Å². The first-order valence-electron chi connectivity index (χ1n) is 12.3. The fourth-order valence-electron chi connectivity index (χ4n) is 4.53. The average Bonchev–Trinajstić information content (AvgIpc) is 3.19. The first-order chi connectivity index (χ1) is 18.1. The summed E-state index contributed by atoms with van der Waals surface area (Å²) >= 11 is 0. The fraction of sp³-hybridized carbons (Fsp3) is 0.321. The SMILES string of the molecule is CCN(CCNC(=O)c1cc(C)c2c(c1)CN(Cc1ccc(OC(F)(F)F)cc1)C2=O)Cc1ccncc1. The van der Waals surface area contributed by atoms with Gasteiger partial charge in [0.1, 0.15) is 5.75 Å². The quantitative estimate of drug-likeness (QED) is 0.415. The number of hydrogen-bond acceptors (Lipinski definition) is 5. The van der Waals surface area contributed by atoms with Crippen LogP contribution < -0.4 is 10.1 Å². The van der Waals surface area contributed by atoms with Crippen molar-refractivity contribution < 1.29 is 27.5 Å². The van der Waals surface area contributed by atoms with Gasteiger partial charge in [-0.15, -0.1) is 13.2 Å². The summed E-state index contributed by atoms with van der Waals surface area (Å²) in [4.78, 5) is 33.8. The highest BCUT2D eigenvalue weighted by atomic mass is 19.4. The number of nitrogens with one attached hydrogen (secondary N) is 1. The van der Waals surface area contributed by atoms with Gasteiger partial charge in [0, 0.05) is 56.2 Å². The first-order valence-corrected chi connectivity index (χ1v) is 12.3. The third-order valence-corrected chi connectivity index (χ3v) is 6.39. The van der Waals surface area contributed by atoms with E-state index in [4.69, 9.17) is 0 Å². The summed E-state index contributed by atoms with van der Waals surface area (Å²) in [6, 6.07) is 12.8. The predicted octanol–water partition coefficient (Wildman–Crippen LogP) is 4.70. The van der Waals surface area contributed by atoms with Gasteiger partial charge in [-0.1, -0.05) is 19.1 Å². The summed E-state index contributed by atoms with van der Waals surface area (Å²) in [6.07, 6.45) is -1.24. The Bertz CT molecular complexity index is 1280. The highest BCUT2D eigenvalue weighted by Crippen LogP contribution is 2.29. The van der Waals surface area contributed by atoms with Crippen LogP contribution in [-0.2, 0) is 19.6 Å². The van der Waals surface area contributed by atoms with E-state index in [1.54, 1.807) is 36.4 Å². The largest absolute Gasteiger partial charge is 0.573 e. The molecule has 0 saturated heterocycles. The third-order valence-electron chi connectivity index (χ3n) is 6.39. The van der Waals surface area contributed by atoms with Gasteiger partial charge in [-0.3, -0.25) is 19.5 Å². The van der Waals surface area contributed by atoms with Crippen LogP contribution >= 0.6 is 0 Å². The highest BCUT2D eigenvalue weighted by molar-refractivity contribution is 6.02. The van der Waals surface area contributed by atoms with Crippen LogP contribution in [0, 0.1) is 6.92 Å². The molecule has 1 aromatic heterocycles. The van der Waals surface area contributed by atoms with Gasteiger partial charge in [0.2, 0.25) is 0 Å². The zero-order valence-corrected chi connectivity index (χ0v) is 21.2. The lowest BCUT2D eigenvalue weighted by Gasteiger charge is -2.20. The third kappa shape index (κ3) is 6.89. The Morgan fingerprint density at radius 1 is 1.11 bits per heavy atom. The molecule has 0 aliphatic carbocycles. The van der Waals surface area contributed by atoms with E-state index in [0.717, 1.165) is 24.2 Å². The second-order valence-electron chi connectivity index (χ2n) is 9.16. The Labute approximate surface area is 219 Å². The van der Waals surface area contributed by atoms with Crippen LogP contribution in [0.15, 0.2) is 60.9 Å². The van der Waals surface area contributed by atoms with Gasteiger partial charge in [-0.05, 0) is 72.1 Å². The van der Waals surface area contributed by atoms with Crippen LogP contribution in [0.25, 0.3) is 0 Å². The van der Waals surface area contributed by atoms with Crippen molar-refractivity contribution in [2.24, 2.45) is 0 Å². The van der Waals surface area contributed by atoms with Crippen molar-refractivity contribution in [3.05, 3.63) is 94.3 Å². The smallest absolute Gasteiger partial charge is 0.406 e. The molecule has 0 bridgehead atoms. The predicted molar refractivity (Wildman–Crippen MR) is 135 cm³/mol. The summed E-state index contributed by atoms with van der Waals surface area (Å²) in [6.45, 7) is 7.18. The number of pyridine rings is 1. The molecule has 0 atom stereocenters. The number of benzene rings is 2. The minimum absolute atomic E-state index is 0.172. The van der Waals surface area contributed by atoms with E-state index in [9.17, 15) is 22.8 Å². The van der Waals surface area contributed by atoms with Gasteiger partial charge in [-0.2, -0.15) is 0 Å². The number of ether oxygens (including phenoxy) is 1. The van der Waals surface area contributed by atoms with E-state index in [2.05, 4.69) is 26.9 Å². The van der Waals surface area contributed by atoms with Crippen LogP contribution in [0.2, 0.25) is 0 Å². The first kappa shape index (κ1) is 27.1. The van der Waals surface area contributed by atoms with Gasteiger partial charge in [0.05, 0.1) is 0 Å². The van der Waals surface area contributed by atoms with Gasteiger partial charge in [-0.25, -0.2) is 0 Å². The summed E-state index contributed by atoms with van der Waals surface area (Å²) in [5.74, 6) is -0.694. The zero-order valence-electron chi connectivity index (χ0n) is 21.2. The molecule has 10 heteroatoms. The average molecular weight is 527 g/mol. The molecule has 1 N–H and O–H groups in total. The molecule has 1 aliphatic rings. The second-order valence-corrected chi connectivity index (χ2v) is 9.16. The molecule has 0 unspecified atom stereocenters. The number of alkyl halides is 3. The van der Waals surface area contributed by atoms with Crippen molar-refractivity contribution in [3.63, 3.8) is 0 Å². The summed E-state index contributed by atoms with van der Waals surface area (Å²) in [5.41, 5.74) is 4.34. The summed E-state index contributed by atoms with van der Waals surface area (Å²) in [7, 11) is 0. The molecule has 38 heavy (non-hydrogen) atoms. The topological polar surface area (TPSA) is 74.8 Å². The van der Waals surface area contributed by atoms with Crippen molar-refractivity contribution in [1.82, 2.24) is 20.1 Å². The van der Waals surface area contributed by atoms with Crippen molar-refractivity contribution in [1.29, 1.82) is 0 Å². The molecule has 2 aromatic carbocycles. The van der Waals surface area contributed by atoms with Gasteiger partial charge in [0.25, 0.3) is 11.8 Å². The molecule has 3 aromatic rings. The number of hydrogen-bond donors (Lipinski definition) is 1. The number of carbonyl (C=O) groups is 2. The van der Waals surface area contributed by atoms with E-state index in [1.807, 2.05) is 12.1 Å². The molecule has 0 radical (unpaired) electrons. The van der Waals surface area contributed by atoms with Crippen LogP contribution in [0.4, 0.5) is 13.2 Å². The minimum atomic E-state index is -4.76. The number of likely N-dealkylation sites (N-methyl/N-ethyl adjacent to an activating group) is 1. The van der Waals surface area contributed by atoms with Gasteiger partial charge >= 0.3 is 6.36 Å². The Balaban J connectivity index is 1.35. The maximum atomic E-state index is 13.0. The lowest BCUT2D eigenvalue weighted by atomic mass is 10.00.